The first-order valence-corrected chi connectivity index (χ1v) is 8.30. The van der Waals surface area contributed by atoms with Crippen LogP contribution in [0.15, 0.2) is 64.0 Å². The number of halogens is 1. The molecule has 100 valence electrons. The van der Waals surface area contributed by atoms with Gasteiger partial charge in [-0.2, -0.15) is 0 Å². The molecule has 5 heteroatoms. The van der Waals surface area contributed by atoms with E-state index in [9.17, 15) is 8.42 Å². The van der Waals surface area contributed by atoms with Crippen LogP contribution in [0.5, 0.6) is 0 Å². The SMILES string of the molecule is O=S(=O)(CCNc1cccc(Br)c1)c1ccccc1. The van der Waals surface area contributed by atoms with Crippen LogP contribution in [-0.4, -0.2) is 20.7 Å². The first kappa shape index (κ1) is 14.1. The molecule has 2 aromatic carbocycles. The summed E-state index contributed by atoms with van der Waals surface area (Å²) >= 11 is 3.37. The molecular formula is C14H14BrNO2S. The zero-order valence-corrected chi connectivity index (χ0v) is 12.6. The first-order chi connectivity index (χ1) is 9.08. The zero-order valence-electron chi connectivity index (χ0n) is 10.2. The van der Waals surface area contributed by atoms with Crippen molar-refractivity contribution in [3.8, 4) is 0 Å². The Morgan fingerprint density at radius 3 is 2.42 bits per heavy atom. The van der Waals surface area contributed by atoms with Gasteiger partial charge in [0, 0.05) is 16.7 Å². The number of hydrogen-bond acceptors (Lipinski definition) is 3. The minimum atomic E-state index is -3.21. The summed E-state index contributed by atoms with van der Waals surface area (Å²) in [7, 11) is -3.21. The van der Waals surface area contributed by atoms with E-state index in [0.717, 1.165) is 10.2 Å². The van der Waals surface area contributed by atoms with Crippen molar-refractivity contribution in [3.63, 3.8) is 0 Å². The van der Waals surface area contributed by atoms with Crippen LogP contribution in [-0.2, 0) is 9.84 Å². The summed E-state index contributed by atoms with van der Waals surface area (Å²) in [5.74, 6) is 0.0729. The molecule has 0 aliphatic heterocycles. The monoisotopic (exact) mass is 339 g/mol. The van der Waals surface area contributed by atoms with E-state index in [1.165, 1.54) is 0 Å². The Bertz CT molecular complexity index is 642. The molecule has 0 amide bonds. The maximum atomic E-state index is 12.0. The number of hydrogen-bond donors (Lipinski definition) is 1. The number of benzene rings is 2. The van der Waals surface area contributed by atoms with Gasteiger partial charge < -0.3 is 5.32 Å². The van der Waals surface area contributed by atoms with Gasteiger partial charge in [0.15, 0.2) is 9.84 Å². The van der Waals surface area contributed by atoms with Gasteiger partial charge in [-0.3, -0.25) is 0 Å². The molecule has 0 spiro atoms. The summed E-state index contributed by atoms with van der Waals surface area (Å²) in [6, 6.07) is 16.1. The highest BCUT2D eigenvalue weighted by molar-refractivity contribution is 9.10. The van der Waals surface area contributed by atoms with Crippen molar-refractivity contribution in [2.45, 2.75) is 4.90 Å². The van der Waals surface area contributed by atoms with E-state index in [1.807, 2.05) is 24.3 Å². The Morgan fingerprint density at radius 2 is 1.74 bits per heavy atom. The van der Waals surface area contributed by atoms with Gasteiger partial charge in [-0.05, 0) is 30.3 Å². The van der Waals surface area contributed by atoms with Crippen molar-refractivity contribution in [3.05, 3.63) is 59.1 Å². The number of nitrogens with one attached hydrogen (secondary N) is 1. The molecule has 0 radical (unpaired) electrons. The van der Waals surface area contributed by atoms with Gasteiger partial charge in [0.1, 0.15) is 0 Å². The highest BCUT2D eigenvalue weighted by atomic mass is 79.9. The second-order valence-corrected chi connectivity index (χ2v) is 7.09. The van der Waals surface area contributed by atoms with E-state index >= 15 is 0 Å². The van der Waals surface area contributed by atoms with Gasteiger partial charge >= 0.3 is 0 Å². The second kappa shape index (κ2) is 6.21. The number of sulfone groups is 1. The molecule has 0 aromatic heterocycles. The van der Waals surface area contributed by atoms with E-state index in [-0.39, 0.29) is 5.75 Å². The molecule has 1 N–H and O–H groups in total. The first-order valence-electron chi connectivity index (χ1n) is 5.85. The van der Waals surface area contributed by atoms with Gasteiger partial charge in [-0.15, -0.1) is 0 Å². The predicted octanol–water partition coefficient (Wildman–Crippen LogP) is 3.33. The summed E-state index contributed by atoms with van der Waals surface area (Å²) in [5, 5.41) is 3.10. The summed E-state index contributed by atoms with van der Waals surface area (Å²) in [6.45, 7) is 0.383. The molecular weight excluding hydrogens is 326 g/mol. The third-order valence-electron chi connectivity index (χ3n) is 2.63. The topological polar surface area (TPSA) is 46.2 Å². The highest BCUT2D eigenvalue weighted by Gasteiger charge is 2.12. The third-order valence-corrected chi connectivity index (χ3v) is 4.85. The van der Waals surface area contributed by atoms with Crippen molar-refractivity contribution < 1.29 is 8.42 Å². The molecule has 0 heterocycles. The van der Waals surface area contributed by atoms with Crippen LogP contribution < -0.4 is 5.32 Å². The molecule has 0 bridgehead atoms. The molecule has 2 aromatic rings. The largest absolute Gasteiger partial charge is 0.384 e. The highest BCUT2D eigenvalue weighted by Crippen LogP contribution is 2.16. The Hall–Kier alpha value is -1.33. The lowest BCUT2D eigenvalue weighted by Gasteiger charge is -2.07. The lowest BCUT2D eigenvalue weighted by molar-refractivity contribution is 0.596. The molecule has 0 fully saturated rings. The van der Waals surface area contributed by atoms with Crippen molar-refractivity contribution in [2.75, 3.05) is 17.6 Å². The summed E-state index contributed by atoms with van der Waals surface area (Å²) < 4.78 is 25.0. The van der Waals surface area contributed by atoms with E-state index < -0.39 is 9.84 Å². The van der Waals surface area contributed by atoms with Crippen molar-refractivity contribution in [2.24, 2.45) is 0 Å². The van der Waals surface area contributed by atoms with Crippen LogP contribution in [0.25, 0.3) is 0 Å². The molecule has 3 nitrogen and oxygen atoms in total. The number of rotatable bonds is 5. The maximum Gasteiger partial charge on any atom is 0.180 e. The molecule has 2 rings (SSSR count). The van der Waals surface area contributed by atoms with Crippen LogP contribution in [0.4, 0.5) is 5.69 Å². The lowest BCUT2D eigenvalue weighted by Crippen LogP contribution is -2.15. The van der Waals surface area contributed by atoms with Crippen LogP contribution in [0.3, 0.4) is 0 Å². The standard InChI is InChI=1S/C14H14BrNO2S/c15-12-5-4-6-13(11-12)16-9-10-19(17,18)14-7-2-1-3-8-14/h1-8,11,16H,9-10H2. The summed E-state index contributed by atoms with van der Waals surface area (Å²) in [5.41, 5.74) is 0.901. The summed E-state index contributed by atoms with van der Waals surface area (Å²) in [4.78, 5) is 0.367. The average Bonchev–Trinajstić information content (AvgIpc) is 2.40. The minimum Gasteiger partial charge on any atom is -0.384 e. The Labute approximate surface area is 121 Å². The van der Waals surface area contributed by atoms with E-state index in [1.54, 1.807) is 30.3 Å². The fraction of sp³-hybridized carbons (Fsp3) is 0.143. The van der Waals surface area contributed by atoms with E-state index in [0.29, 0.717) is 11.4 Å². The molecule has 0 aliphatic carbocycles. The van der Waals surface area contributed by atoms with Crippen molar-refractivity contribution in [1.29, 1.82) is 0 Å². The second-order valence-electron chi connectivity index (χ2n) is 4.07. The van der Waals surface area contributed by atoms with E-state index in [2.05, 4.69) is 21.2 Å². The van der Waals surface area contributed by atoms with Crippen molar-refractivity contribution >= 4 is 31.5 Å². The third kappa shape index (κ3) is 4.08. The van der Waals surface area contributed by atoms with E-state index in [4.69, 9.17) is 0 Å². The minimum absolute atomic E-state index is 0.0729. The van der Waals surface area contributed by atoms with Gasteiger partial charge in [0.05, 0.1) is 10.6 Å². The van der Waals surface area contributed by atoms with Crippen LogP contribution in [0.1, 0.15) is 0 Å². The molecule has 19 heavy (non-hydrogen) atoms. The lowest BCUT2D eigenvalue weighted by atomic mass is 10.3. The van der Waals surface area contributed by atoms with Crippen molar-refractivity contribution in [1.82, 2.24) is 0 Å². The van der Waals surface area contributed by atoms with Gasteiger partial charge in [0.25, 0.3) is 0 Å². The zero-order chi connectivity index (χ0) is 13.7. The average molecular weight is 340 g/mol. The summed E-state index contributed by atoms with van der Waals surface area (Å²) in [6.07, 6.45) is 0. The predicted molar refractivity (Wildman–Crippen MR) is 81.1 cm³/mol. The molecule has 0 atom stereocenters. The van der Waals surface area contributed by atoms with Gasteiger partial charge in [-0.1, -0.05) is 40.2 Å². The van der Waals surface area contributed by atoms with Gasteiger partial charge in [-0.25, -0.2) is 8.42 Å². The number of anilines is 1. The fourth-order valence-corrected chi connectivity index (χ4v) is 3.25. The normalized spacial score (nSPS) is 11.2. The van der Waals surface area contributed by atoms with Gasteiger partial charge in [0.2, 0.25) is 0 Å². The Kier molecular flexibility index (Phi) is 4.61. The van der Waals surface area contributed by atoms with Crippen LogP contribution >= 0.6 is 15.9 Å². The smallest absolute Gasteiger partial charge is 0.180 e. The Balaban J connectivity index is 1.96. The molecule has 0 unspecified atom stereocenters. The molecule has 0 saturated heterocycles. The maximum absolute atomic E-state index is 12.0. The van der Waals surface area contributed by atoms with Crippen LogP contribution in [0, 0.1) is 0 Å². The molecule has 0 aliphatic rings. The van der Waals surface area contributed by atoms with Crippen LogP contribution in [0.2, 0.25) is 0 Å². The Morgan fingerprint density at radius 1 is 1.00 bits per heavy atom. The fourth-order valence-electron chi connectivity index (χ4n) is 1.67. The quantitative estimate of drug-likeness (QED) is 0.908. The molecule has 0 saturated carbocycles.